The van der Waals surface area contributed by atoms with Crippen LogP contribution in [0.2, 0.25) is 0 Å². The first-order valence-corrected chi connectivity index (χ1v) is 10.3. The third-order valence-electron chi connectivity index (χ3n) is 4.76. The number of fused-ring (bicyclic) bond motifs is 1. The fraction of sp³-hybridized carbons (Fsp3) is 0.0909. The van der Waals surface area contributed by atoms with E-state index in [9.17, 15) is 0 Å². The highest BCUT2D eigenvalue weighted by molar-refractivity contribution is 7.17. The lowest BCUT2D eigenvalue weighted by molar-refractivity contribution is 0.414. The number of hydrogen-bond donors (Lipinski definition) is 1. The van der Waals surface area contributed by atoms with Crippen LogP contribution in [0.4, 0.5) is 0 Å². The molecule has 0 spiro atoms. The van der Waals surface area contributed by atoms with Crippen LogP contribution >= 0.6 is 11.3 Å². The summed E-state index contributed by atoms with van der Waals surface area (Å²) in [6, 6.07) is 17.5. The zero-order valence-electron chi connectivity index (χ0n) is 16.8. The normalized spacial score (nSPS) is 11.4. The quantitative estimate of drug-likeness (QED) is 0.429. The van der Waals surface area contributed by atoms with Crippen molar-refractivity contribution >= 4 is 28.4 Å². The molecule has 31 heavy (non-hydrogen) atoms. The van der Waals surface area contributed by atoms with Gasteiger partial charge in [-0.1, -0.05) is 29.5 Å². The van der Waals surface area contributed by atoms with Gasteiger partial charge in [-0.05, 0) is 48.6 Å². The Morgan fingerprint density at radius 2 is 1.81 bits per heavy atom. The number of aromatic amines is 1. The van der Waals surface area contributed by atoms with Crippen LogP contribution in [0.5, 0.6) is 11.5 Å². The molecular formula is C22H18N6O2S. The molecule has 8 nitrogen and oxygen atoms in total. The summed E-state index contributed by atoms with van der Waals surface area (Å²) in [4.78, 5) is 0.704. The van der Waals surface area contributed by atoms with Crippen molar-refractivity contribution < 1.29 is 9.47 Å². The van der Waals surface area contributed by atoms with E-state index >= 15 is 0 Å². The van der Waals surface area contributed by atoms with Crippen molar-refractivity contribution in [3.05, 3.63) is 65.2 Å². The first-order chi connectivity index (χ1) is 15.2. The Labute approximate surface area is 181 Å². The predicted molar refractivity (Wildman–Crippen MR) is 120 cm³/mol. The summed E-state index contributed by atoms with van der Waals surface area (Å²) in [5.41, 5.74) is 3.50. The fourth-order valence-corrected chi connectivity index (χ4v) is 3.92. The third-order valence-corrected chi connectivity index (χ3v) is 5.62. The molecular weight excluding hydrogens is 412 g/mol. The number of methoxy groups -OCH3 is 2. The molecule has 9 heteroatoms. The molecule has 3 heterocycles. The van der Waals surface area contributed by atoms with Gasteiger partial charge in [0.1, 0.15) is 22.2 Å². The van der Waals surface area contributed by atoms with Crippen molar-refractivity contribution in [2.75, 3.05) is 14.2 Å². The van der Waals surface area contributed by atoms with Gasteiger partial charge in [-0.3, -0.25) is 5.10 Å². The Morgan fingerprint density at radius 3 is 2.61 bits per heavy atom. The smallest absolute Gasteiger partial charge is 0.235 e. The maximum atomic E-state index is 5.39. The Bertz CT molecular complexity index is 1370. The van der Waals surface area contributed by atoms with Crippen LogP contribution in [0.25, 0.3) is 39.9 Å². The van der Waals surface area contributed by atoms with E-state index in [-0.39, 0.29) is 0 Å². The second-order valence-electron chi connectivity index (χ2n) is 6.63. The van der Waals surface area contributed by atoms with Gasteiger partial charge < -0.3 is 9.47 Å². The number of hydrogen-bond acceptors (Lipinski definition) is 7. The topological polar surface area (TPSA) is 90.2 Å². The van der Waals surface area contributed by atoms with Gasteiger partial charge in [0, 0.05) is 11.1 Å². The fourth-order valence-electron chi connectivity index (χ4n) is 3.18. The highest BCUT2D eigenvalue weighted by Gasteiger charge is 2.15. The van der Waals surface area contributed by atoms with Crippen molar-refractivity contribution in [3.8, 4) is 34.3 Å². The number of nitrogens with one attached hydrogen (secondary N) is 1. The minimum atomic E-state index is 0.607. The van der Waals surface area contributed by atoms with Gasteiger partial charge in [0.15, 0.2) is 0 Å². The lowest BCUT2D eigenvalue weighted by Crippen LogP contribution is -1.91. The van der Waals surface area contributed by atoms with Gasteiger partial charge in [0.25, 0.3) is 0 Å². The second kappa shape index (κ2) is 8.04. The maximum Gasteiger partial charge on any atom is 0.235 e. The van der Waals surface area contributed by atoms with Gasteiger partial charge in [0.2, 0.25) is 10.8 Å². The minimum absolute atomic E-state index is 0.607. The molecule has 0 atom stereocenters. The van der Waals surface area contributed by atoms with Crippen LogP contribution in [0.3, 0.4) is 0 Å². The van der Waals surface area contributed by atoms with E-state index in [1.54, 1.807) is 18.7 Å². The van der Waals surface area contributed by atoms with Gasteiger partial charge in [-0.15, -0.1) is 10.2 Å². The maximum absolute atomic E-state index is 5.39. The Morgan fingerprint density at radius 1 is 0.968 bits per heavy atom. The van der Waals surface area contributed by atoms with E-state index in [2.05, 4.69) is 25.5 Å². The summed E-state index contributed by atoms with van der Waals surface area (Å²) in [5.74, 6) is 2.22. The molecule has 0 aliphatic rings. The molecule has 3 aromatic heterocycles. The summed E-state index contributed by atoms with van der Waals surface area (Å²) < 4.78 is 12.3. The van der Waals surface area contributed by atoms with E-state index in [1.807, 2.05) is 66.7 Å². The monoisotopic (exact) mass is 430 g/mol. The molecule has 2 aromatic carbocycles. The van der Waals surface area contributed by atoms with Crippen molar-refractivity contribution in [1.82, 2.24) is 30.0 Å². The lowest BCUT2D eigenvalue weighted by Gasteiger charge is -2.02. The number of nitrogens with zero attached hydrogens (tertiary/aromatic N) is 5. The highest BCUT2D eigenvalue weighted by Crippen LogP contribution is 2.27. The first-order valence-electron chi connectivity index (χ1n) is 9.48. The van der Waals surface area contributed by atoms with Gasteiger partial charge in [-0.25, -0.2) is 0 Å². The first kappa shape index (κ1) is 19.0. The van der Waals surface area contributed by atoms with E-state index in [0.717, 1.165) is 39.0 Å². The molecule has 0 amide bonds. The van der Waals surface area contributed by atoms with Crippen molar-refractivity contribution in [2.45, 2.75) is 0 Å². The molecule has 0 radical (unpaired) electrons. The number of para-hydroxylation sites is 1. The Kier molecular flexibility index (Phi) is 4.93. The second-order valence-corrected chi connectivity index (χ2v) is 7.62. The SMILES string of the molecule is COc1ccc(-c2cc(-c3nnc4sc(/C=C/c5ccccc5OC)nn34)[nH]n2)cc1. The molecule has 0 aliphatic heterocycles. The predicted octanol–water partition coefficient (Wildman–Crippen LogP) is 4.43. The standard InChI is InChI=1S/C22H18N6O2S/c1-29-16-10-7-14(8-11-16)17-13-18(24-23-17)21-25-26-22-28(21)27-20(31-22)12-9-15-5-3-4-6-19(15)30-2/h3-13H,1-2H3,(H,23,24)/b12-9+. The average molecular weight is 430 g/mol. The molecule has 5 aromatic rings. The van der Waals surface area contributed by atoms with Crippen LogP contribution in [0.15, 0.2) is 54.6 Å². The van der Waals surface area contributed by atoms with E-state index in [0.29, 0.717) is 10.8 Å². The van der Waals surface area contributed by atoms with Crippen molar-refractivity contribution in [3.63, 3.8) is 0 Å². The Balaban J connectivity index is 1.43. The summed E-state index contributed by atoms with van der Waals surface area (Å²) in [6.07, 6.45) is 3.92. The number of rotatable bonds is 6. The van der Waals surface area contributed by atoms with Gasteiger partial charge >= 0.3 is 0 Å². The largest absolute Gasteiger partial charge is 0.497 e. The van der Waals surface area contributed by atoms with Crippen molar-refractivity contribution in [2.24, 2.45) is 0 Å². The molecule has 0 bridgehead atoms. The average Bonchev–Trinajstić information content (AvgIpc) is 3.54. The molecule has 0 saturated carbocycles. The Hall–Kier alpha value is -3.98. The van der Waals surface area contributed by atoms with Gasteiger partial charge in [-0.2, -0.15) is 14.7 Å². The van der Waals surface area contributed by atoms with Crippen LogP contribution in [-0.2, 0) is 0 Å². The van der Waals surface area contributed by atoms with E-state index in [1.165, 1.54) is 11.3 Å². The number of H-pyrrole nitrogens is 1. The molecule has 0 saturated heterocycles. The minimum Gasteiger partial charge on any atom is -0.497 e. The zero-order valence-corrected chi connectivity index (χ0v) is 17.6. The molecule has 0 unspecified atom stereocenters. The summed E-state index contributed by atoms with van der Waals surface area (Å²) in [6.45, 7) is 0. The number of ether oxygens (including phenoxy) is 2. The van der Waals surface area contributed by atoms with Crippen LogP contribution in [-0.4, -0.2) is 44.2 Å². The van der Waals surface area contributed by atoms with E-state index in [4.69, 9.17) is 9.47 Å². The van der Waals surface area contributed by atoms with Crippen LogP contribution in [0.1, 0.15) is 10.6 Å². The summed E-state index contributed by atoms with van der Waals surface area (Å²) >= 11 is 1.46. The molecule has 0 fully saturated rings. The van der Waals surface area contributed by atoms with E-state index < -0.39 is 0 Å². The highest BCUT2D eigenvalue weighted by atomic mass is 32.1. The number of aromatic nitrogens is 6. The molecule has 1 N–H and O–H groups in total. The van der Waals surface area contributed by atoms with Crippen molar-refractivity contribution in [1.29, 1.82) is 0 Å². The molecule has 5 rings (SSSR count). The third kappa shape index (κ3) is 3.66. The molecule has 154 valence electrons. The zero-order chi connectivity index (χ0) is 21.2. The van der Waals surface area contributed by atoms with Crippen LogP contribution in [0, 0.1) is 0 Å². The van der Waals surface area contributed by atoms with Crippen LogP contribution < -0.4 is 9.47 Å². The molecule has 0 aliphatic carbocycles. The summed E-state index contributed by atoms with van der Waals surface area (Å²) in [7, 11) is 3.30. The van der Waals surface area contributed by atoms with Gasteiger partial charge in [0.05, 0.1) is 19.9 Å². The number of benzene rings is 2. The lowest BCUT2D eigenvalue weighted by atomic mass is 10.1. The summed E-state index contributed by atoms with van der Waals surface area (Å²) in [5, 5.41) is 21.4.